The molecule has 2 aromatic carbocycles. The Labute approximate surface area is 115 Å². The molecule has 3 N–H and O–H groups in total. The topological polar surface area (TPSA) is 89.6 Å². The number of primary amides is 1. The van der Waals surface area contributed by atoms with Gasteiger partial charge in [-0.15, -0.1) is 0 Å². The van der Waals surface area contributed by atoms with Gasteiger partial charge in [0.25, 0.3) is 5.91 Å². The number of amides is 1. The van der Waals surface area contributed by atoms with E-state index >= 15 is 0 Å². The molecule has 0 heterocycles. The van der Waals surface area contributed by atoms with Crippen LogP contribution in [0.4, 0.5) is 0 Å². The summed E-state index contributed by atoms with van der Waals surface area (Å²) >= 11 is 0. The number of phenols is 1. The highest BCUT2D eigenvalue weighted by Crippen LogP contribution is 2.22. The Morgan fingerprint density at radius 1 is 1.00 bits per heavy atom. The van der Waals surface area contributed by atoms with Crippen LogP contribution in [0.3, 0.4) is 0 Å². The fourth-order valence-corrected chi connectivity index (χ4v) is 1.73. The molecule has 0 spiro atoms. The van der Waals surface area contributed by atoms with E-state index in [2.05, 4.69) is 0 Å². The summed E-state index contributed by atoms with van der Waals surface area (Å²) in [6, 6.07) is 14.4. The molecule has 1 atom stereocenters. The molecule has 5 nitrogen and oxygen atoms in total. The molecule has 0 aromatic heterocycles. The quantitative estimate of drug-likeness (QED) is 0.829. The number of carbonyl (C=O) groups excluding carboxylic acids is 2. The van der Waals surface area contributed by atoms with Crippen molar-refractivity contribution >= 4 is 11.9 Å². The van der Waals surface area contributed by atoms with Gasteiger partial charge in [-0.1, -0.05) is 42.5 Å². The number of hydrogen-bond acceptors (Lipinski definition) is 4. The first kappa shape index (κ1) is 13.6. The van der Waals surface area contributed by atoms with E-state index in [0.717, 1.165) is 0 Å². The average molecular weight is 271 g/mol. The molecule has 1 amide bonds. The maximum Gasteiger partial charge on any atom is 0.343 e. The van der Waals surface area contributed by atoms with E-state index in [1.54, 1.807) is 42.5 Å². The van der Waals surface area contributed by atoms with Crippen molar-refractivity contribution in [2.45, 2.75) is 6.10 Å². The van der Waals surface area contributed by atoms with Crippen molar-refractivity contribution in [2.24, 2.45) is 5.73 Å². The number of para-hydroxylation sites is 1. The van der Waals surface area contributed by atoms with Crippen molar-refractivity contribution < 1.29 is 19.4 Å². The second kappa shape index (κ2) is 5.88. The summed E-state index contributed by atoms with van der Waals surface area (Å²) in [5, 5.41) is 9.59. The summed E-state index contributed by atoms with van der Waals surface area (Å²) in [5.41, 5.74) is 5.71. The van der Waals surface area contributed by atoms with E-state index in [1.165, 1.54) is 12.1 Å². The van der Waals surface area contributed by atoms with E-state index in [1.807, 2.05) is 0 Å². The number of hydrogen-bond donors (Lipinski definition) is 2. The standard InChI is InChI=1S/C15H13NO4/c16-14(18)13(10-6-2-1-3-7-10)20-15(19)11-8-4-5-9-12(11)17/h1-9,13,17H,(H2,16,18). The predicted octanol–water partition coefficient (Wildman–Crippen LogP) is 1.78. The zero-order valence-corrected chi connectivity index (χ0v) is 10.5. The minimum atomic E-state index is -1.19. The number of esters is 1. The highest BCUT2D eigenvalue weighted by atomic mass is 16.5. The van der Waals surface area contributed by atoms with Gasteiger partial charge in [-0.25, -0.2) is 4.79 Å². The molecule has 0 bridgehead atoms. The number of aromatic hydroxyl groups is 1. The first-order chi connectivity index (χ1) is 9.59. The monoisotopic (exact) mass is 271 g/mol. The van der Waals surface area contributed by atoms with Gasteiger partial charge in [0.15, 0.2) is 0 Å². The van der Waals surface area contributed by atoms with Gasteiger partial charge in [-0.3, -0.25) is 4.79 Å². The molecular formula is C15H13NO4. The minimum Gasteiger partial charge on any atom is -0.507 e. The molecule has 102 valence electrons. The normalized spacial score (nSPS) is 11.6. The maximum absolute atomic E-state index is 12.0. The first-order valence-electron chi connectivity index (χ1n) is 5.93. The van der Waals surface area contributed by atoms with Crippen LogP contribution in [-0.4, -0.2) is 17.0 Å². The molecule has 0 aliphatic carbocycles. The minimum absolute atomic E-state index is 0.0188. The van der Waals surface area contributed by atoms with Crippen LogP contribution in [-0.2, 0) is 9.53 Å². The van der Waals surface area contributed by atoms with Crippen molar-refractivity contribution in [1.82, 2.24) is 0 Å². The molecule has 2 rings (SSSR count). The average Bonchev–Trinajstić information content (AvgIpc) is 2.45. The lowest BCUT2D eigenvalue weighted by molar-refractivity contribution is -0.127. The summed E-state index contributed by atoms with van der Waals surface area (Å²) in [6.07, 6.45) is -1.19. The van der Waals surface area contributed by atoms with Crippen LogP contribution in [0.5, 0.6) is 5.75 Å². The molecule has 5 heteroatoms. The van der Waals surface area contributed by atoms with Gasteiger partial charge >= 0.3 is 5.97 Å². The Kier molecular flexibility index (Phi) is 4.00. The van der Waals surface area contributed by atoms with Crippen LogP contribution in [0.15, 0.2) is 54.6 Å². The van der Waals surface area contributed by atoms with Gasteiger partial charge in [-0.2, -0.15) is 0 Å². The zero-order chi connectivity index (χ0) is 14.5. The predicted molar refractivity (Wildman–Crippen MR) is 71.9 cm³/mol. The lowest BCUT2D eigenvalue weighted by atomic mass is 10.1. The maximum atomic E-state index is 12.0. The Bertz CT molecular complexity index is 625. The summed E-state index contributed by atoms with van der Waals surface area (Å²) in [7, 11) is 0. The molecule has 0 aliphatic rings. The summed E-state index contributed by atoms with van der Waals surface area (Å²) in [6.45, 7) is 0. The molecule has 2 aromatic rings. The fourth-order valence-electron chi connectivity index (χ4n) is 1.73. The third-order valence-corrected chi connectivity index (χ3v) is 2.71. The molecule has 0 saturated heterocycles. The summed E-state index contributed by atoms with van der Waals surface area (Å²) in [5.74, 6) is -1.80. The molecule has 0 radical (unpaired) electrons. The Morgan fingerprint density at radius 3 is 2.20 bits per heavy atom. The molecular weight excluding hydrogens is 258 g/mol. The van der Waals surface area contributed by atoms with Crippen molar-refractivity contribution in [3.05, 3.63) is 65.7 Å². The van der Waals surface area contributed by atoms with Crippen molar-refractivity contribution in [1.29, 1.82) is 0 Å². The van der Waals surface area contributed by atoms with Gasteiger partial charge < -0.3 is 15.6 Å². The highest BCUT2D eigenvalue weighted by Gasteiger charge is 2.24. The fraction of sp³-hybridized carbons (Fsp3) is 0.0667. The van der Waals surface area contributed by atoms with E-state index in [-0.39, 0.29) is 11.3 Å². The van der Waals surface area contributed by atoms with Gasteiger partial charge in [-0.05, 0) is 12.1 Å². The van der Waals surface area contributed by atoms with E-state index < -0.39 is 18.0 Å². The molecule has 20 heavy (non-hydrogen) atoms. The van der Waals surface area contributed by atoms with Gasteiger partial charge in [0.1, 0.15) is 11.3 Å². The van der Waals surface area contributed by atoms with Gasteiger partial charge in [0.2, 0.25) is 6.10 Å². The lowest BCUT2D eigenvalue weighted by Crippen LogP contribution is -2.26. The number of benzene rings is 2. The number of rotatable bonds is 4. The van der Waals surface area contributed by atoms with E-state index in [4.69, 9.17) is 10.5 Å². The molecule has 0 aliphatic heterocycles. The lowest BCUT2D eigenvalue weighted by Gasteiger charge is -2.15. The Hall–Kier alpha value is -2.82. The van der Waals surface area contributed by atoms with Gasteiger partial charge in [0, 0.05) is 5.56 Å². The summed E-state index contributed by atoms with van der Waals surface area (Å²) in [4.78, 5) is 23.4. The van der Waals surface area contributed by atoms with Gasteiger partial charge in [0.05, 0.1) is 0 Å². The van der Waals surface area contributed by atoms with Crippen LogP contribution in [0.25, 0.3) is 0 Å². The van der Waals surface area contributed by atoms with Crippen LogP contribution < -0.4 is 5.73 Å². The van der Waals surface area contributed by atoms with E-state index in [0.29, 0.717) is 5.56 Å². The molecule has 0 fully saturated rings. The highest BCUT2D eigenvalue weighted by molar-refractivity contribution is 5.94. The van der Waals surface area contributed by atoms with Crippen molar-refractivity contribution in [2.75, 3.05) is 0 Å². The largest absolute Gasteiger partial charge is 0.507 e. The molecule has 0 saturated carbocycles. The van der Waals surface area contributed by atoms with Crippen LogP contribution in [0.2, 0.25) is 0 Å². The Balaban J connectivity index is 2.24. The smallest absolute Gasteiger partial charge is 0.343 e. The first-order valence-corrected chi connectivity index (χ1v) is 5.93. The number of phenolic OH excluding ortho intramolecular Hbond substituents is 1. The third-order valence-electron chi connectivity index (χ3n) is 2.71. The second-order valence-corrected chi connectivity index (χ2v) is 4.12. The van der Waals surface area contributed by atoms with Crippen LogP contribution in [0.1, 0.15) is 22.0 Å². The van der Waals surface area contributed by atoms with Crippen molar-refractivity contribution in [3.8, 4) is 5.75 Å². The second-order valence-electron chi connectivity index (χ2n) is 4.12. The van der Waals surface area contributed by atoms with Crippen molar-refractivity contribution in [3.63, 3.8) is 0 Å². The SMILES string of the molecule is NC(=O)C(OC(=O)c1ccccc1O)c1ccccc1. The summed E-state index contributed by atoms with van der Waals surface area (Å²) < 4.78 is 5.09. The zero-order valence-electron chi connectivity index (χ0n) is 10.5. The number of ether oxygens (including phenoxy) is 1. The number of nitrogens with two attached hydrogens (primary N) is 1. The Morgan fingerprint density at radius 2 is 1.60 bits per heavy atom. The number of carbonyl (C=O) groups is 2. The van der Waals surface area contributed by atoms with Crippen LogP contribution in [0, 0.1) is 0 Å². The molecule has 1 unspecified atom stereocenters. The van der Waals surface area contributed by atoms with Crippen LogP contribution >= 0.6 is 0 Å². The van der Waals surface area contributed by atoms with E-state index in [9.17, 15) is 14.7 Å². The third kappa shape index (κ3) is 2.95.